The number of amides is 1. The van der Waals surface area contributed by atoms with Crippen molar-refractivity contribution in [1.82, 2.24) is 24.6 Å². The van der Waals surface area contributed by atoms with E-state index in [1.54, 1.807) is 22.2 Å². The van der Waals surface area contributed by atoms with Gasteiger partial charge in [0.1, 0.15) is 34.8 Å². The third kappa shape index (κ3) is 4.67. The summed E-state index contributed by atoms with van der Waals surface area (Å²) in [7, 11) is 0. The van der Waals surface area contributed by atoms with Crippen LogP contribution in [-0.4, -0.2) is 30.5 Å². The number of hydrogen-bond donors (Lipinski definition) is 2. The van der Waals surface area contributed by atoms with Gasteiger partial charge in [-0.2, -0.15) is 5.10 Å². The van der Waals surface area contributed by atoms with Crippen LogP contribution in [0.5, 0.6) is 11.5 Å². The van der Waals surface area contributed by atoms with E-state index in [-0.39, 0.29) is 5.91 Å². The molecule has 0 aliphatic carbocycles. The lowest BCUT2D eigenvalue weighted by Gasteiger charge is -2.12. The molecule has 0 radical (unpaired) electrons. The molecular formula is C28H21N7O2S. The van der Waals surface area contributed by atoms with E-state index in [4.69, 9.17) is 4.74 Å². The normalized spacial score (nSPS) is 11.0. The van der Waals surface area contributed by atoms with Gasteiger partial charge in [0.2, 0.25) is 5.91 Å². The fourth-order valence-electron chi connectivity index (χ4n) is 4.01. The zero-order valence-corrected chi connectivity index (χ0v) is 21.1. The average molecular weight is 520 g/mol. The smallest absolute Gasteiger partial charge is 0.247 e. The Bertz CT molecular complexity index is 1830. The second-order valence-corrected chi connectivity index (χ2v) is 9.49. The highest BCUT2D eigenvalue weighted by Gasteiger charge is 2.12. The van der Waals surface area contributed by atoms with Crippen LogP contribution in [0.25, 0.3) is 26.3 Å². The maximum absolute atomic E-state index is 11.7. The topological polar surface area (TPSA) is 106 Å². The van der Waals surface area contributed by atoms with Gasteiger partial charge < -0.3 is 15.4 Å². The van der Waals surface area contributed by atoms with E-state index in [2.05, 4.69) is 43.3 Å². The first-order valence-electron chi connectivity index (χ1n) is 11.7. The quantitative estimate of drug-likeness (QED) is 0.236. The standard InChI is InChI=1S/C28H21N7O2S/c1-3-26(36)33-19-6-4-5-18(12-19)24-14-22-27(30-15-31-28(22)38-24)34-20-7-8-23(17(2)11-20)37-21-9-10-35-25(13-21)29-16-32-35/h3-16H,1H2,2H3,(H,33,36)(H,30,31,34). The number of aryl methyl sites for hydroxylation is 1. The number of anilines is 3. The Balaban J connectivity index is 1.24. The zero-order valence-electron chi connectivity index (χ0n) is 20.3. The van der Waals surface area contributed by atoms with Crippen LogP contribution in [0.1, 0.15) is 5.56 Å². The number of nitrogens with one attached hydrogen (secondary N) is 2. The molecule has 0 aliphatic rings. The van der Waals surface area contributed by atoms with E-state index >= 15 is 0 Å². The van der Waals surface area contributed by atoms with E-state index in [0.717, 1.165) is 43.3 Å². The summed E-state index contributed by atoms with van der Waals surface area (Å²) >= 11 is 1.56. The maximum atomic E-state index is 11.7. The highest BCUT2D eigenvalue weighted by atomic mass is 32.1. The number of thiophene rings is 1. The molecule has 0 spiro atoms. The molecule has 6 rings (SSSR count). The Morgan fingerprint density at radius 1 is 1.03 bits per heavy atom. The van der Waals surface area contributed by atoms with Crippen molar-refractivity contribution in [3.8, 4) is 21.9 Å². The lowest BCUT2D eigenvalue weighted by atomic mass is 10.1. The van der Waals surface area contributed by atoms with Crippen LogP contribution in [0.15, 0.2) is 92.2 Å². The first-order chi connectivity index (χ1) is 18.6. The van der Waals surface area contributed by atoms with E-state index in [0.29, 0.717) is 17.3 Å². The molecule has 0 unspecified atom stereocenters. The van der Waals surface area contributed by atoms with Crippen LogP contribution in [0.4, 0.5) is 17.2 Å². The lowest BCUT2D eigenvalue weighted by Crippen LogP contribution is -2.06. The summed E-state index contributed by atoms with van der Waals surface area (Å²) in [5.74, 6) is 1.89. The van der Waals surface area contributed by atoms with Crippen LogP contribution in [0, 0.1) is 6.92 Å². The van der Waals surface area contributed by atoms with E-state index in [9.17, 15) is 4.79 Å². The minimum atomic E-state index is -0.251. The summed E-state index contributed by atoms with van der Waals surface area (Å²) < 4.78 is 7.77. The van der Waals surface area contributed by atoms with Gasteiger partial charge in [0.05, 0.1) is 5.39 Å². The first-order valence-corrected chi connectivity index (χ1v) is 12.5. The summed E-state index contributed by atoms with van der Waals surface area (Å²) in [4.78, 5) is 26.7. The van der Waals surface area contributed by atoms with Gasteiger partial charge in [0.15, 0.2) is 5.65 Å². The zero-order chi connectivity index (χ0) is 26.1. The summed E-state index contributed by atoms with van der Waals surface area (Å²) in [5, 5.41) is 11.2. The first kappa shape index (κ1) is 23.3. The lowest BCUT2D eigenvalue weighted by molar-refractivity contribution is -0.111. The average Bonchev–Trinajstić information content (AvgIpc) is 3.58. The van der Waals surface area contributed by atoms with Gasteiger partial charge in [0.25, 0.3) is 0 Å². The molecule has 2 aromatic carbocycles. The van der Waals surface area contributed by atoms with Gasteiger partial charge in [-0.25, -0.2) is 19.5 Å². The summed E-state index contributed by atoms with van der Waals surface area (Å²) in [6.07, 6.45) is 6.12. The monoisotopic (exact) mass is 519 g/mol. The van der Waals surface area contributed by atoms with Crippen molar-refractivity contribution in [3.63, 3.8) is 0 Å². The number of aromatic nitrogens is 5. The Hall–Kier alpha value is -5.09. The van der Waals surface area contributed by atoms with Crippen molar-refractivity contribution in [2.75, 3.05) is 10.6 Å². The van der Waals surface area contributed by atoms with Crippen LogP contribution >= 0.6 is 11.3 Å². The highest BCUT2D eigenvalue weighted by Crippen LogP contribution is 2.37. The van der Waals surface area contributed by atoms with Crippen molar-refractivity contribution >= 4 is 50.3 Å². The number of carbonyl (C=O) groups excluding carboxylic acids is 1. The van der Waals surface area contributed by atoms with Crippen LogP contribution in [-0.2, 0) is 4.79 Å². The molecular weight excluding hydrogens is 498 g/mol. The fourth-order valence-corrected chi connectivity index (χ4v) is 5.00. The molecule has 1 amide bonds. The second kappa shape index (κ2) is 9.75. The van der Waals surface area contributed by atoms with E-state index in [1.807, 2.05) is 67.7 Å². The van der Waals surface area contributed by atoms with Crippen LogP contribution in [0.3, 0.4) is 0 Å². The predicted octanol–water partition coefficient (Wildman–Crippen LogP) is 6.37. The van der Waals surface area contributed by atoms with E-state index < -0.39 is 0 Å². The van der Waals surface area contributed by atoms with Crippen molar-refractivity contribution in [3.05, 3.63) is 97.7 Å². The van der Waals surface area contributed by atoms with Gasteiger partial charge in [-0.05, 0) is 66.6 Å². The molecule has 38 heavy (non-hydrogen) atoms. The van der Waals surface area contributed by atoms with Crippen molar-refractivity contribution < 1.29 is 9.53 Å². The molecule has 10 heteroatoms. The minimum absolute atomic E-state index is 0.251. The maximum Gasteiger partial charge on any atom is 0.247 e. The third-order valence-corrected chi connectivity index (χ3v) is 6.94. The Morgan fingerprint density at radius 3 is 2.82 bits per heavy atom. The highest BCUT2D eigenvalue weighted by molar-refractivity contribution is 7.21. The van der Waals surface area contributed by atoms with Gasteiger partial charge in [-0.3, -0.25) is 4.79 Å². The molecule has 186 valence electrons. The third-order valence-electron chi connectivity index (χ3n) is 5.85. The van der Waals surface area contributed by atoms with Gasteiger partial charge >= 0.3 is 0 Å². The molecule has 0 aliphatic heterocycles. The molecule has 2 N–H and O–H groups in total. The molecule has 0 saturated carbocycles. The number of pyridine rings is 1. The molecule has 4 heterocycles. The molecule has 0 bridgehead atoms. The minimum Gasteiger partial charge on any atom is -0.457 e. The molecule has 9 nitrogen and oxygen atoms in total. The van der Waals surface area contributed by atoms with Gasteiger partial charge in [0, 0.05) is 28.5 Å². The summed E-state index contributed by atoms with van der Waals surface area (Å²) in [6.45, 7) is 5.50. The largest absolute Gasteiger partial charge is 0.457 e. The molecule has 0 atom stereocenters. The Labute approximate surface area is 221 Å². The number of hydrogen-bond acceptors (Lipinski definition) is 8. The molecule has 0 fully saturated rings. The number of benzene rings is 2. The summed E-state index contributed by atoms with van der Waals surface area (Å²) in [6, 6.07) is 19.3. The number of rotatable bonds is 7. The number of nitrogens with zero attached hydrogens (tertiary/aromatic N) is 5. The molecule has 0 saturated heterocycles. The second-order valence-electron chi connectivity index (χ2n) is 8.46. The Kier molecular flexibility index (Phi) is 5.98. The van der Waals surface area contributed by atoms with Gasteiger partial charge in [-0.15, -0.1) is 11.3 Å². The number of ether oxygens (including phenoxy) is 1. The fraction of sp³-hybridized carbons (Fsp3) is 0.0357. The van der Waals surface area contributed by atoms with Crippen molar-refractivity contribution in [1.29, 1.82) is 0 Å². The summed E-state index contributed by atoms with van der Waals surface area (Å²) in [5.41, 5.74) is 4.24. The van der Waals surface area contributed by atoms with Crippen LogP contribution < -0.4 is 15.4 Å². The number of carbonyl (C=O) groups is 1. The van der Waals surface area contributed by atoms with E-state index in [1.165, 1.54) is 12.4 Å². The Morgan fingerprint density at radius 2 is 1.95 bits per heavy atom. The molecule has 6 aromatic rings. The molecule has 4 aromatic heterocycles. The number of fused-ring (bicyclic) bond motifs is 2. The predicted molar refractivity (Wildman–Crippen MR) is 149 cm³/mol. The van der Waals surface area contributed by atoms with Crippen molar-refractivity contribution in [2.45, 2.75) is 6.92 Å². The van der Waals surface area contributed by atoms with Gasteiger partial charge in [-0.1, -0.05) is 18.7 Å². The van der Waals surface area contributed by atoms with Crippen molar-refractivity contribution in [2.24, 2.45) is 0 Å². The van der Waals surface area contributed by atoms with Crippen LogP contribution in [0.2, 0.25) is 0 Å². The SMILES string of the molecule is C=CC(=O)Nc1cccc(-c2cc3c(Nc4ccc(Oc5ccn6ncnc6c5)c(C)c4)ncnc3s2)c1.